The van der Waals surface area contributed by atoms with Gasteiger partial charge in [-0.3, -0.25) is 14.5 Å². The highest BCUT2D eigenvalue weighted by molar-refractivity contribution is 6.00. The molecule has 0 radical (unpaired) electrons. The number of aromatic nitrogens is 5. The lowest BCUT2D eigenvalue weighted by Crippen LogP contribution is -2.46. The Labute approximate surface area is 195 Å². The molecule has 0 N–H and O–H groups in total. The minimum atomic E-state index is -0.486. The molecule has 0 saturated carbocycles. The number of rotatable bonds is 5. The van der Waals surface area contributed by atoms with E-state index in [0.29, 0.717) is 30.2 Å². The molecule has 1 aliphatic heterocycles. The largest absolute Gasteiger partial charge is 0.334 e. The van der Waals surface area contributed by atoms with E-state index in [1.807, 2.05) is 6.20 Å². The van der Waals surface area contributed by atoms with Gasteiger partial charge in [-0.15, -0.1) is 0 Å². The Bertz CT molecular complexity index is 1290. The fourth-order valence-corrected chi connectivity index (χ4v) is 4.30. The third-order valence-corrected chi connectivity index (χ3v) is 5.96. The van der Waals surface area contributed by atoms with E-state index in [1.54, 1.807) is 46.4 Å². The molecule has 3 aromatic heterocycles. The quantitative estimate of drug-likeness (QED) is 0.442. The zero-order valence-corrected chi connectivity index (χ0v) is 18.3. The van der Waals surface area contributed by atoms with Crippen molar-refractivity contribution in [2.24, 2.45) is 0 Å². The third kappa shape index (κ3) is 4.54. The fraction of sp³-hybridized carbons (Fsp3) is 0.240. The number of halogens is 2. The number of carbonyl (C=O) groups is 1. The van der Waals surface area contributed by atoms with Crippen LogP contribution in [-0.4, -0.2) is 48.1 Å². The lowest BCUT2D eigenvalue weighted by Gasteiger charge is -2.36. The predicted octanol–water partition coefficient (Wildman–Crippen LogP) is 4.38. The lowest BCUT2D eigenvalue weighted by atomic mass is 9.98. The van der Waals surface area contributed by atoms with E-state index in [1.165, 1.54) is 24.4 Å². The van der Waals surface area contributed by atoms with Crippen molar-refractivity contribution in [1.82, 2.24) is 29.6 Å². The molecule has 1 amide bonds. The highest BCUT2D eigenvalue weighted by atomic mass is 19.1. The van der Waals surface area contributed by atoms with Gasteiger partial charge in [0.25, 0.3) is 5.91 Å². The van der Waals surface area contributed by atoms with Crippen LogP contribution in [-0.2, 0) is 6.54 Å². The van der Waals surface area contributed by atoms with Crippen LogP contribution >= 0.6 is 0 Å². The van der Waals surface area contributed by atoms with Crippen LogP contribution in [0, 0.1) is 11.6 Å². The number of amides is 1. The monoisotopic (exact) mass is 460 g/mol. The second-order valence-corrected chi connectivity index (χ2v) is 8.22. The molecule has 0 unspecified atom stereocenters. The zero-order chi connectivity index (χ0) is 23.5. The molecule has 1 aliphatic rings. The van der Waals surface area contributed by atoms with Crippen LogP contribution in [0.25, 0.3) is 22.6 Å². The van der Waals surface area contributed by atoms with E-state index >= 15 is 0 Å². The molecule has 0 bridgehead atoms. The van der Waals surface area contributed by atoms with Crippen molar-refractivity contribution in [2.45, 2.75) is 31.8 Å². The van der Waals surface area contributed by atoms with Crippen molar-refractivity contribution in [3.05, 3.63) is 84.6 Å². The van der Waals surface area contributed by atoms with Gasteiger partial charge >= 0.3 is 0 Å². The van der Waals surface area contributed by atoms with Crippen molar-refractivity contribution in [2.75, 3.05) is 6.54 Å². The molecule has 9 heteroatoms. The summed E-state index contributed by atoms with van der Waals surface area (Å²) in [7, 11) is 0. The van der Waals surface area contributed by atoms with Crippen molar-refractivity contribution in [3.63, 3.8) is 0 Å². The van der Waals surface area contributed by atoms with Gasteiger partial charge in [-0.1, -0.05) is 0 Å². The number of pyridine rings is 1. The highest BCUT2D eigenvalue weighted by Gasteiger charge is 2.30. The Balaban J connectivity index is 1.40. The number of hydrogen-bond acceptors (Lipinski definition) is 5. The van der Waals surface area contributed by atoms with Crippen LogP contribution in [0.5, 0.6) is 0 Å². The second kappa shape index (κ2) is 9.46. The third-order valence-electron chi connectivity index (χ3n) is 5.96. The minimum absolute atomic E-state index is 0.108. The number of nitrogens with zero attached hydrogens (tertiary/aromatic N) is 6. The van der Waals surface area contributed by atoms with Gasteiger partial charge in [0.15, 0.2) is 5.82 Å². The Morgan fingerprint density at radius 2 is 1.82 bits per heavy atom. The second-order valence-electron chi connectivity index (χ2n) is 8.22. The summed E-state index contributed by atoms with van der Waals surface area (Å²) in [6.07, 6.45) is 10.5. The molecule has 7 nitrogen and oxygen atoms in total. The van der Waals surface area contributed by atoms with Crippen molar-refractivity contribution in [1.29, 1.82) is 0 Å². The smallest absolute Gasteiger partial charge is 0.255 e. The molecular weight excluding hydrogens is 438 g/mol. The Hall–Kier alpha value is -4.01. The van der Waals surface area contributed by atoms with Gasteiger partial charge in [-0.2, -0.15) is 5.10 Å². The first-order chi connectivity index (χ1) is 16.6. The summed E-state index contributed by atoms with van der Waals surface area (Å²) in [6, 6.07) is 8.65. The van der Waals surface area contributed by atoms with Gasteiger partial charge in [-0.25, -0.2) is 18.7 Å². The number of hydrogen-bond donors (Lipinski definition) is 0. The van der Waals surface area contributed by atoms with E-state index in [4.69, 9.17) is 0 Å². The number of carbonyl (C=O) groups excluding carboxylic acids is 1. The van der Waals surface area contributed by atoms with E-state index in [2.05, 4.69) is 20.1 Å². The maximum atomic E-state index is 14.2. The fourth-order valence-electron chi connectivity index (χ4n) is 4.30. The Morgan fingerprint density at radius 3 is 2.62 bits per heavy atom. The summed E-state index contributed by atoms with van der Waals surface area (Å²) in [6.45, 7) is 1.06. The molecule has 5 rings (SSSR count). The summed E-state index contributed by atoms with van der Waals surface area (Å²) in [5.74, 6) is -0.757. The zero-order valence-electron chi connectivity index (χ0n) is 18.3. The van der Waals surface area contributed by atoms with Crippen LogP contribution in [0.2, 0.25) is 0 Å². The molecule has 0 spiro atoms. The Morgan fingerprint density at radius 1 is 1.00 bits per heavy atom. The number of likely N-dealkylation sites (tertiary alicyclic amines) is 1. The Kier molecular flexibility index (Phi) is 6.07. The van der Waals surface area contributed by atoms with Crippen LogP contribution in [0.15, 0.2) is 67.4 Å². The summed E-state index contributed by atoms with van der Waals surface area (Å²) < 4.78 is 29.1. The summed E-state index contributed by atoms with van der Waals surface area (Å²) >= 11 is 0. The summed E-state index contributed by atoms with van der Waals surface area (Å²) in [5, 5.41) is 4.42. The SMILES string of the molecule is O=C(c1cc(F)ccc1-c1ncccn1)N1CCCC[C@H]1Cn1cc(-c2ccc(F)cn2)cn1. The van der Waals surface area contributed by atoms with Crippen molar-refractivity contribution < 1.29 is 13.6 Å². The molecule has 4 aromatic rings. The number of piperidine rings is 1. The first kappa shape index (κ1) is 21.8. The van der Waals surface area contributed by atoms with Gasteiger partial charge in [0.2, 0.25) is 0 Å². The normalized spacial score (nSPS) is 15.9. The molecule has 4 heterocycles. The van der Waals surface area contributed by atoms with Gasteiger partial charge in [-0.05, 0) is 55.7 Å². The molecule has 1 atom stereocenters. The lowest BCUT2D eigenvalue weighted by molar-refractivity contribution is 0.0584. The number of benzene rings is 1. The first-order valence-electron chi connectivity index (χ1n) is 11.1. The maximum Gasteiger partial charge on any atom is 0.255 e. The van der Waals surface area contributed by atoms with Crippen LogP contribution in [0.3, 0.4) is 0 Å². The average Bonchev–Trinajstić information content (AvgIpc) is 3.33. The average molecular weight is 460 g/mol. The molecule has 172 valence electrons. The van der Waals surface area contributed by atoms with E-state index in [0.717, 1.165) is 24.8 Å². The van der Waals surface area contributed by atoms with Gasteiger partial charge in [0.1, 0.15) is 11.6 Å². The minimum Gasteiger partial charge on any atom is -0.334 e. The van der Waals surface area contributed by atoms with Crippen molar-refractivity contribution in [3.8, 4) is 22.6 Å². The molecule has 1 fully saturated rings. The van der Waals surface area contributed by atoms with Gasteiger partial charge in [0, 0.05) is 36.3 Å². The molecule has 0 aliphatic carbocycles. The van der Waals surface area contributed by atoms with Crippen molar-refractivity contribution >= 4 is 5.91 Å². The van der Waals surface area contributed by atoms with Crippen LogP contribution < -0.4 is 0 Å². The first-order valence-corrected chi connectivity index (χ1v) is 11.1. The summed E-state index contributed by atoms with van der Waals surface area (Å²) in [5.41, 5.74) is 2.13. The molecule has 34 heavy (non-hydrogen) atoms. The highest BCUT2D eigenvalue weighted by Crippen LogP contribution is 2.27. The van der Waals surface area contributed by atoms with E-state index in [9.17, 15) is 13.6 Å². The molecular formula is C25H22F2N6O. The van der Waals surface area contributed by atoms with Crippen LogP contribution in [0.1, 0.15) is 29.6 Å². The predicted molar refractivity (Wildman–Crippen MR) is 122 cm³/mol. The van der Waals surface area contributed by atoms with Gasteiger partial charge < -0.3 is 4.90 Å². The van der Waals surface area contributed by atoms with Gasteiger partial charge in [0.05, 0.1) is 36.2 Å². The standard InChI is InChI=1S/C25H22F2N6O/c26-18-5-7-21(24-28-9-3-10-29-24)22(12-18)25(34)33-11-2-1-4-20(33)16-32-15-17(13-31-32)23-8-6-19(27)14-30-23/h3,5-10,12-15,20H,1-2,4,11,16H2/t20-/m0/s1. The van der Waals surface area contributed by atoms with Crippen LogP contribution in [0.4, 0.5) is 8.78 Å². The van der Waals surface area contributed by atoms with E-state index < -0.39 is 11.6 Å². The topological polar surface area (TPSA) is 76.8 Å². The molecule has 1 aromatic carbocycles. The summed E-state index contributed by atoms with van der Waals surface area (Å²) in [4.78, 5) is 28.0. The maximum absolute atomic E-state index is 14.2. The van der Waals surface area contributed by atoms with E-state index in [-0.39, 0.29) is 17.5 Å². The molecule has 1 saturated heterocycles.